The molecular weight excluding hydrogens is 965 g/mol. The third-order valence-corrected chi connectivity index (χ3v) is 18.1. The van der Waals surface area contributed by atoms with Crippen molar-refractivity contribution in [2.75, 3.05) is 0 Å². The molecular formula is C78H56N2. The molecule has 16 rings (SSSR count). The van der Waals surface area contributed by atoms with E-state index in [1.54, 1.807) is 0 Å². The zero-order valence-corrected chi connectivity index (χ0v) is 45.3. The molecule has 2 heterocycles. The zero-order valence-electron chi connectivity index (χ0n) is 45.3. The van der Waals surface area contributed by atoms with Gasteiger partial charge in [0, 0.05) is 43.7 Å². The summed E-state index contributed by atoms with van der Waals surface area (Å²) in [6.45, 7) is 9.60. The molecule has 0 N–H and O–H groups in total. The van der Waals surface area contributed by atoms with E-state index in [4.69, 9.17) is 0 Å². The third kappa shape index (κ3) is 7.05. The molecule has 2 aliphatic rings. The lowest BCUT2D eigenvalue weighted by Crippen LogP contribution is -2.15. The average molecular weight is 1020 g/mol. The smallest absolute Gasteiger partial charge is 0.0541 e. The molecule has 378 valence electrons. The molecule has 2 aromatic heterocycles. The first-order valence-corrected chi connectivity index (χ1v) is 28.1. The molecule has 0 unspecified atom stereocenters. The van der Waals surface area contributed by atoms with Gasteiger partial charge in [-0.25, -0.2) is 0 Å². The van der Waals surface area contributed by atoms with Gasteiger partial charge in [-0.3, -0.25) is 0 Å². The van der Waals surface area contributed by atoms with Gasteiger partial charge in [0.05, 0.1) is 22.1 Å². The van der Waals surface area contributed by atoms with Crippen molar-refractivity contribution in [2.45, 2.75) is 38.5 Å². The van der Waals surface area contributed by atoms with Gasteiger partial charge >= 0.3 is 0 Å². The van der Waals surface area contributed by atoms with E-state index in [0.717, 1.165) is 0 Å². The second kappa shape index (κ2) is 17.4. The first-order valence-electron chi connectivity index (χ1n) is 28.1. The summed E-state index contributed by atoms with van der Waals surface area (Å²) < 4.78 is 4.79. The monoisotopic (exact) mass is 1020 g/mol. The normalized spacial score (nSPS) is 13.9. The first-order chi connectivity index (χ1) is 39.1. The van der Waals surface area contributed by atoms with Gasteiger partial charge < -0.3 is 9.13 Å². The van der Waals surface area contributed by atoms with Crippen LogP contribution in [0.25, 0.3) is 134 Å². The van der Waals surface area contributed by atoms with Crippen molar-refractivity contribution in [3.63, 3.8) is 0 Å². The predicted octanol–water partition coefficient (Wildman–Crippen LogP) is 20.8. The van der Waals surface area contributed by atoms with Crippen LogP contribution in [0.15, 0.2) is 255 Å². The molecule has 2 aliphatic carbocycles. The van der Waals surface area contributed by atoms with Crippen LogP contribution in [0.4, 0.5) is 0 Å². The van der Waals surface area contributed by atoms with Gasteiger partial charge in [-0.05, 0) is 179 Å². The second-order valence-electron chi connectivity index (χ2n) is 23.3. The van der Waals surface area contributed by atoms with Crippen LogP contribution in [0.1, 0.15) is 61.1 Å². The number of aromatic nitrogens is 2. The van der Waals surface area contributed by atoms with E-state index in [2.05, 4.69) is 304 Å². The summed E-state index contributed by atoms with van der Waals surface area (Å²) >= 11 is 0. The Hall–Kier alpha value is -9.76. The van der Waals surface area contributed by atoms with E-state index in [1.807, 2.05) is 0 Å². The number of para-hydroxylation sites is 3. The van der Waals surface area contributed by atoms with Crippen molar-refractivity contribution in [1.29, 1.82) is 0 Å². The van der Waals surface area contributed by atoms with Crippen molar-refractivity contribution < 1.29 is 0 Å². The Morgan fingerprint density at radius 1 is 0.263 bits per heavy atom. The summed E-state index contributed by atoms with van der Waals surface area (Å²) in [6.07, 6.45) is 4.51. The van der Waals surface area contributed by atoms with E-state index in [1.165, 1.54) is 155 Å². The van der Waals surface area contributed by atoms with Crippen LogP contribution in [0.5, 0.6) is 0 Å². The maximum Gasteiger partial charge on any atom is 0.0541 e. The molecule has 0 fully saturated rings. The minimum absolute atomic E-state index is 0.155. The number of hydrogen-bond donors (Lipinski definition) is 0. The number of fused-ring (bicyclic) bond motifs is 13. The fraction of sp³-hybridized carbons (Fsp3) is 0.0769. The van der Waals surface area contributed by atoms with Crippen molar-refractivity contribution in [3.8, 4) is 67.0 Å². The fourth-order valence-electron chi connectivity index (χ4n) is 13.9. The van der Waals surface area contributed by atoms with Crippen LogP contribution < -0.4 is 0 Å². The van der Waals surface area contributed by atoms with Crippen LogP contribution in [-0.4, -0.2) is 9.13 Å². The molecule has 0 saturated heterocycles. The minimum Gasteiger partial charge on any atom is -0.309 e. The molecule has 0 amide bonds. The molecule has 0 radical (unpaired) electrons. The molecule has 0 spiro atoms. The number of hydrogen-bond acceptors (Lipinski definition) is 0. The summed E-state index contributed by atoms with van der Waals surface area (Å²) in [7, 11) is 0. The van der Waals surface area contributed by atoms with Crippen LogP contribution in [0, 0.1) is 0 Å². The number of benzene rings is 12. The average Bonchev–Trinajstić information content (AvgIpc) is 4.18. The quantitative estimate of drug-likeness (QED) is 0.141. The highest BCUT2D eigenvalue weighted by atomic mass is 15.0. The largest absolute Gasteiger partial charge is 0.309 e. The van der Waals surface area contributed by atoms with Crippen molar-refractivity contribution in [3.05, 3.63) is 288 Å². The van der Waals surface area contributed by atoms with E-state index in [-0.39, 0.29) is 10.8 Å². The Morgan fingerprint density at radius 3 is 1.24 bits per heavy atom. The van der Waals surface area contributed by atoms with E-state index < -0.39 is 0 Å². The molecule has 2 heteroatoms. The number of nitrogens with zero attached hydrogens (tertiary/aromatic N) is 2. The van der Waals surface area contributed by atoms with E-state index >= 15 is 0 Å². The lowest BCUT2D eigenvalue weighted by molar-refractivity contribution is 0.659. The van der Waals surface area contributed by atoms with E-state index in [0.29, 0.717) is 0 Å². The third-order valence-electron chi connectivity index (χ3n) is 18.1. The van der Waals surface area contributed by atoms with Gasteiger partial charge in [-0.2, -0.15) is 0 Å². The van der Waals surface area contributed by atoms with Crippen LogP contribution >= 0.6 is 0 Å². The lowest BCUT2D eigenvalue weighted by Gasteiger charge is -2.24. The minimum atomic E-state index is -0.174. The SMILES string of the molecule is CC1(C)c2cc(C=Cc3ccc(-c4ccc5c(c4)c4ccccc4n5-c4ccccc4)cc3)ccc2-c2ccc(-c3ccc4c(c3)C(C)(C)c3cc(-c5ccc6c(c5)c5ccccc5n6-c5ccc6ccccc6c5)ccc3-4)cc21. The standard InChI is InChI=1S/C78H56N2/c1-77(2)69-42-50(23-22-49-24-27-52(28-25-49)54-33-40-75-67(44-54)65-18-10-12-20-73(65)79(75)59-16-6-5-7-17-59)26-36-61(69)62-38-31-57(47-70(62)77)58-32-39-64-63-37-30-56(46-71(63)78(3,4)72(64)48-58)55-34-41-76-68(45-55)66-19-11-13-21-74(66)80(76)60-35-29-51-14-8-9-15-53(51)43-60/h5-48H,1-4H3. The Balaban J connectivity index is 0.656. The Kier molecular flexibility index (Phi) is 10.1. The van der Waals surface area contributed by atoms with Crippen molar-refractivity contribution >= 4 is 66.5 Å². The van der Waals surface area contributed by atoms with Crippen molar-refractivity contribution in [1.82, 2.24) is 9.13 Å². The van der Waals surface area contributed by atoms with Crippen molar-refractivity contribution in [2.24, 2.45) is 0 Å². The Morgan fingerprint density at radius 2 is 0.662 bits per heavy atom. The summed E-state index contributed by atoms with van der Waals surface area (Å²) in [5, 5.41) is 7.57. The van der Waals surface area contributed by atoms with Crippen LogP contribution in [0.3, 0.4) is 0 Å². The molecule has 0 atom stereocenters. The van der Waals surface area contributed by atoms with E-state index in [9.17, 15) is 0 Å². The highest BCUT2D eigenvalue weighted by molar-refractivity contribution is 6.12. The maximum absolute atomic E-state index is 2.47. The second-order valence-corrected chi connectivity index (χ2v) is 23.3. The Labute approximate surface area is 466 Å². The molecule has 0 saturated carbocycles. The molecule has 80 heavy (non-hydrogen) atoms. The predicted molar refractivity (Wildman–Crippen MR) is 339 cm³/mol. The van der Waals surface area contributed by atoms with Gasteiger partial charge in [-0.15, -0.1) is 0 Å². The van der Waals surface area contributed by atoms with Gasteiger partial charge in [-0.1, -0.05) is 216 Å². The first kappa shape index (κ1) is 46.3. The zero-order chi connectivity index (χ0) is 53.4. The molecule has 2 nitrogen and oxygen atoms in total. The molecule has 0 aliphatic heterocycles. The lowest BCUT2D eigenvalue weighted by atomic mass is 9.79. The van der Waals surface area contributed by atoms with Gasteiger partial charge in [0.15, 0.2) is 0 Å². The summed E-state index contributed by atoms with van der Waals surface area (Å²) in [4.78, 5) is 0. The van der Waals surface area contributed by atoms with Gasteiger partial charge in [0.2, 0.25) is 0 Å². The highest BCUT2D eigenvalue weighted by Gasteiger charge is 2.38. The fourth-order valence-corrected chi connectivity index (χ4v) is 13.9. The highest BCUT2D eigenvalue weighted by Crippen LogP contribution is 2.53. The van der Waals surface area contributed by atoms with Gasteiger partial charge in [0.1, 0.15) is 0 Å². The molecule has 14 aromatic rings. The summed E-state index contributed by atoms with van der Waals surface area (Å²) in [6, 6.07) is 95.1. The van der Waals surface area contributed by atoms with Crippen LogP contribution in [-0.2, 0) is 10.8 Å². The summed E-state index contributed by atoms with van der Waals surface area (Å²) in [5.74, 6) is 0. The van der Waals surface area contributed by atoms with Gasteiger partial charge in [0.25, 0.3) is 0 Å². The Bertz CT molecular complexity index is 4920. The maximum atomic E-state index is 2.47. The molecule has 0 bridgehead atoms. The van der Waals surface area contributed by atoms with Crippen LogP contribution in [0.2, 0.25) is 0 Å². The topological polar surface area (TPSA) is 9.86 Å². The number of rotatable bonds is 7. The molecule has 12 aromatic carbocycles. The summed E-state index contributed by atoms with van der Waals surface area (Å²) in [5.41, 5.74) is 27.6.